The smallest absolute Gasteiger partial charge is 0.265 e. The van der Waals surface area contributed by atoms with Crippen molar-refractivity contribution in [1.82, 2.24) is 20.7 Å². The zero-order valence-corrected chi connectivity index (χ0v) is 13.8. The van der Waals surface area contributed by atoms with Crippen LogP contribution in [0, 0.1) is 0 Å². The molecule has 0 saturated heterocycles. The van der Waals surface area contributed by atoms with Crippen molar-refractivity contribution < 1.29 is 4.79 Å². The number of nitrogens with one attached hydrogen (secondary N) is 2. The van der Waals surface area contributed by atoms with E-state index >= 15 is 0 Å². The van der Waals surface area contributed by atoms with Crippen LogP contribution < -0.4 is 10.9 Å². The van der Waals surface area contributed by atoms with E-state index in [4.69, 9.17) is 0 Å². The molecule has 0 unspecified atom stereocenters. The molecule has 2 N–H and O–H groups in total. The fourth-order valence-electron chi connectivity index (χ4n) is 3.33. The number of carbonyl (C=O) groups excluding carboxylic acids is 1. The van der Waals surface area contributed by atoms with Gasteiger partial charge in [-0.15, -0.1) is 0 Å². The van der Waals surface area contributed by atoms with Crippen LogP contribution in [0.1, 0.15) is 53.9 Å². The fourth-order valence-corrected chi connectivity index (χ4v) is 3.33. The molecular weight excluding hydrogens is 288 g/mol. The van der Waals surface area contributed by atoms with Crippen molar-refractivity contribution in [2.24, 2.45) is 0 Å². The Morgan fingerprint density at radius 1 is 1.13 bits per heavy atom. The lowest BCUT2D eigenvalue weighted by Gasteiger charge is -2.22. The summed E-state index contributed by atoms with van der Waals surface area (Å²) < 4.78 is 0. The van der Waals surface area contributed by atoms with E-state index in [0.717, 1.165) is 6.67 Å². The Bertz CT molecular complexity index is 549. The molecule has 0 bridgehead atoms. The maximum absolute atomic E-state index is 12.1. The van der Waals surface area contributed by atoms with Gasteiger partial charge in [-0.05, 0) is 36.5 Å². The average molecular weight is 314 g/mol. The number of amides is 1. The molecule has 1 heterocycles. The maximum atomic E-state index is 12.1. The Balaban J connectivity index is 1.46. The van der Waals surface area contributed by atoms with E-state index < -0.39 is 0 Å². The second kappa shape index (κ2) is 7.51. The van der Waals surface area contributed by atoms with Gasteiger partial charge in [-0.1, -0.05) is 31.4 Å². The predicted octanol–water partition coefficient (Wildman–Crippen LogP) is 2.60. The normalized spacial score (nSPS) is 18.5. The number of nitrogens with zero attached hydrogens (tertiary/aromatic N) is 2. The highest BCUT2D eigenvalue weighted by molar-refractivity contribution is 5.93. The molecule has 2 aliphatic rings. The van der Waals surface area contributed by atoms with E-state index in [-0.39, 0.29) is 5.91 Å². The Hall–Kier alpha value is -2.01. The molecule has 1 aliphatic heterocycles. The van der Waals surface area contributed by atoms with Crippen LogP contribution in [0.3, 0.4) is 0 Å². The summed E-state index contributed by atoms with van der Waals surface area (Å²) in [4.78, 5) is 16.3. The largest absolute Gasteiger partial charge is 0.362 e. The van der Waals surface area contributed by atoms with Crippen LogP contribution in [0.2, 0.25) is 0 Å². The SMILES string of the molecule is CN1C=CN(CNNC(=O)c2ccc(C3CCCCC3)cc2)C1. The molecule has 1 aromatic rings. The van der Waals surface area contributed by atoms with Gasteiger partial charge in [0.25, 0.3) is 5.91 Å². The Morgan fingerprint density at radius 2 is 1.87 bits per heavy atom. The van der Waals surface area contributed by atoms with E-state index in [9.17, 15) is 4.79 Å². The average Bonchev–Trinajstić information content (AvgIpc) is 3.01. The van der Waals surface area contributed by atoms with Crippen molar-refractivity contribution in [2.75, 3.05) is 20.4 Å². The summed E-state index contributed by atoms with van der Waals surface area (Å²) in [5.41, 5.74) is 7.80. The molecule has 124 valence electrons. The summed E-state index contributed by atoms with van der Waals surface area (Å²) in [6, 6.07) is 8.10. The van der Waals surface area contributed by atoms with Gasteiger partial charge in [-0.3, -0.25) is 10.2 Å². The van der Waals surface area contributed by atoms with E-state index in [1.807, 2.05) is 31.6 Å². The Morgan fingerprint density at radius 3 is 2.52 bits per heavy atom. The Kier molecular flexibility index (Phi) is 5.18. The predicted molar refractivity (Wildman–Crippen MR) is 91.3 cm³/mol. The van der Waals surface area contributed by atoms with Gasteiger partial charge in [0.15, 0.2) is 0 Å². The van der Waals surface area contributed by atoms with Gasteiger partial charge in [0, 0.05) is 25.0 Å². The zero-order valence-electron chi connectivity index (χ0n) is 13.8. The molecule has 0 radical (unpaired) electrons. The van der Waals surface area contributed by atoms with Gasteiger partial charge in [0.2, 0.25) is 0 Å². The van der Waals surface area contributed by atoms with Crippen molar-refractivity contribution in [3.63, 3.8) is 0 Å². The summed E-state index contributed by atoms with van der Waals surface area (Å²) in [6.45, 7) is 1.42. The second-order valence-corrected chi connectivity index (χ2v) is 6.53. The van der Waals surface area contributed by atoms with Crippen LogP contribution in [0.4, 0.5) is 0 Å². The first-order chi connectivity index (χ1) is 11.2. The molecule has 0 aromatic heterocycles. The van der Waals surface area contributed by atoms with E-state index in [2.05, 4.69) is 32.8 Å². The van der Waals surface area contributed by atoms with E-state index in [1.165, 1.54) is 37.7 Å². The quantitative estimate of drug-likeness (QED) is 0.820. The zero-order chi connectivity index (χ0) is 16.1. The number of hydrogen-bond donors (Lipinski definition) is 2. The molecule has 1 amide bonds. The minimum absolute atomic E-state index is 0.0864. The lowest BCUT2D eigenvalue weighted by atomic mass is 9.84. The van der Waals surface area contributed by atoms with Crippen LogP contribution >= 0.6 is 0 Å². The number of carbonyl (C=O) groups is 1. The first-order valence-corrected chi connectivity index (χ1v) is 8.48. The highest BCUT2D eigenvalue weighted by atomic mass is 16.2. The molecule has 0 spiro atoms. The molecule has 5 nitrogen and oxygen atoms in total. The van der Waals surface area contributed by atoms with Crippen molar-refractivity contribution in [3.8, 4) is 0 Å². The summed E-state index contributed by atoms with van der Waals surface area (Å²) >= 11 is 0. The van der Waals surface area contributed by atoms with Crippen molar-refractivity contribution in [2.45, 2.75) is 38.0 Å². The minimum Gasteiger partial charge on any atom is -0.362 e. The first kappa shape index (κ1) is 15.9. The molecule has 1 saturated carbocycles. The molecule has 1 fully saturated rings. The third kappa shape index (κ3) is 4.26. The van der Waals surface area contributed by atoms with Gasteiger partial charge in [0.1, 0.15) is 0 Å². The third-order valence-electron chi connectivity index (χ3n) is 4.67. The summed E-state index contributed by atoms with van der Waals surface area (Å²) in [5, 5.41) is 0. The van der Waals surface area contributed by atoms with E-state index in [1.54, 1.807) is 0 Å². The number of hydrazine groups is 1. The van der Waals surface area contributed by atoms with Gasteiger partial charge >= 0.3 is 0 Å². The van der Waals surface area contributed by atoms with Crippen LogP contribution in [-0.2, 0) is 0 Å². The maximum Gasteiger partial charge on any atom is 0.265 e. The first-order valence-electron chi connectivity index (χ1n) is 8.48. The summed E-state index contributed by atoms with van der Waals surface area (Å²) in [6.07, 6.45) is 10.6. The molecule has 5 heteroatoms. The monoisotopic (exact) mass is 314 g/mol. The standard InChI is InChI=1S/C18H26N4O/c1-21-11-12-22(14-21)13-19-20-18(23)17-9-7-16(8-10-17)15-5-3-2-4-6-15/h7-12,15,19H,2-6,13-14H2,1H3,(H,20,23). The highest BCUT2D eigenvalue weighted by Crippen LogP contribution is 2.32. The fraction of sp³-hybridized carbons (Fsp3) is 0.500. The third-order valence-corrected chi connectivity index (χ3v) is 4.67. The highest BCUT2D eigenvalue weighted by Gasteiger charge is 2.16. The number of rotatable bonds is 5. The molecule has 23 heavy (non-hydrogen) atoms. The van der Waals surface area contributed by atoms with Crippen molar-refractivity contribution in [3.05, 3.63) is 47.8 Å². The minimum atomic E-state index is -0.0864. The summed E-state index contributed by atoms with van der Waals surface area (Å²) in [5.74, 6) is 0.592. The summed E-state index contributed by atoms with van der Waals surface area (Å²) in [7, 11) is 2.02. The van der Waals surface area contributed by atoms with Crippen LogP contribution in [0.15, 0.2) is 36.7 Å². The molecular formula is C18H26N4O. The molecule has 1 aromatic carbocycles. The second-order valence-electron chi connectivity index (χ2n) is 6.53. The van der Waals surface area contributed by atoms with Crippen LogP contribution in [-0.4, -0.2) is 36.1 Å². The lowest BCUT2D eigenvalue weighted by Crippen LogP contribution is -2.43. The van der Waals surface area contributed by atoms with Crippen LogP contribution in [0.5, 0.6) is 0 Å². The molecule has 3 rings (SSSR count). The van der Waals surface area contributed by atoms with Gasteiger partial charge < -0.3 is 9.80 Å². The van der Waals surface area contributed by atoms with Gasteiger partial charge in [0.05, 0.1) is 13.3 Å². The van der Waals surface area contributed by atoms with Crippen LogP contribution in [0.25, 0.3) is 0 Å². The lowest BCUT2D eigenvalue weighted by molar-refractivity contribution is 0.0922. The van der Waals surface area contributed by atoms with Gasteiger partial charge in [-0.25, -0.2) is 5.43 Å². The Labute approximate surface area is 138 Å². The molecule has 1 aliphatic carbocycles. The van der Waals surface area contributed by atoms with Crippen molar-refractivity contribution >= 4 is 5.91 Å². The number of benzene rings is 1. The topological polar surface area (TPSA) is 47.6 Å². The van der Waals surface area contributed by atoms with Gasteiger partial charge in [-0.2, -0.15) is 0 Å². The van der Waals surface area contributed by atoms with Crippen molar-refractivity contribution in [1.29, 1.82) is 0 Å². The number of hydrogen-bond acceptors (Lipinski definition) is 4. The van der Waals surface area contributed by atoms with E-state index in [0.29, 0.717) is 18.2 Å². The molecule has 0 atom stereocenters.